The van der Waals surface area contributed by atoms with Crippen LogP contribution in [0.2, 0.25) is 0 Å². The van der Waals surface area contributed by atoms with Gasteiger partial charge < -0.3 is 30.9 Å². The average Bonchev–Trinajstić information content (AvgIpc) is 2.79. The first-order valence-corrected chi connectivity index (χ1v) is 10.4. The van der Waals surface area contributed by atoms with Crippen molar-refractivity contribution in [1.82, 2.24) is 10.6 Å². The Bertz CT molecular complexity index is 1020. The molecule has 0 aliphatic carbocycles. The van der Waals surface area contributed by atoms with E-state index < -0.39 is 30.1 Å². The highest BCUT2D eigenvalue weighted by Gasteiger charge is 2.27. The summed E-state index contributed by atoms with van der Waals surface area (Å²) in [5, 5.41) is 14.0. The summed E-state index contributed by atoms with van der Waals surface area (Å²) in [5.41, 5.74) is 7.24. The van der Waals surface area contributed by atoms with Crippen molar-refractivity contribution in [2.24, 2.45) is 5.73 Å². The number of urea groups is 1. The fraction of sp³-hybridized carbons (Fsp3) is 0.304. The zero-order valence-corrected chi connectivity index (χ0v) is 17.8. The highest BCUT2D eigenvalue weighted by molar-refractivity contribution is 5.92. The maximum Gasteiger partial charge on any atom is 0.339 e. The van der Waals surface area contributed by atoms with Crippen LogP contribution in [0, 0.1) is 0 Å². The van der Waals surface area contributed by atoms with E-state index in [9.17, 15) is 24.3 Å². The van der Waals surface area contributed by atoms with Crippen molar-refractivity contribution in [2.75, 3.05) is 13.2 Å². The van der Waals surface area contributed by atoms with Crippen molar-refractivity contribution in [2.45, 2.75) is 31.4 Å². The Morgan fingerprint density at radius 2 is 1.88 bits per heavy atom. The van der Waals surface area contributed by atoms with Gasteiger partial charge in [-0.05, 0) is 42.2 Å². The van der Waals surface area contributed by atoms with Crippen molar-refractivity contribution in [1.29, 1.82) is 0 Å². The molecule has 10 heteroatoms. The van der Waals surface area contributed by atoms with Crippen molar-refractivity contribution >= 4 is 23.9 Å². The molecule has 5 N–H and O–H groups in total. The number of benzene rings is 2. The number of carboxylic acid groups (broad SMARTS) is 1. The SMILES string of the molecule is NC(=O)NCCC[C@H](NC(=O)COc1ccc([C@@H]2Cc3ccccc3C(=O)O2)cc1)C(=O)O. The predicted molar refractivity (Wildman–Crippen MR) is 117 cm³/mol. The second-order valence-corrected chi connectivity index (χ2v) is 7.50. The lowest BCUT2D eigenvalue weighted by atomic mass is 9.95. The molecule has 0 spiro atoms. The highest BCUT2D eigenvalue weighted by Crippen LogP contribution is 2.31. The van der Waals surface area contributed by atoms with Gasteiger partial charge in [0.2, 0.25) is 0 Å². The highest BCUT2D eigenvalue weighted by atomic mass is 16.5. The number of carboxylic acids is 1. The molecule has 0 saturated heterocycles. The minimum Gasteiger partial charge on any atom is -0.484 e. The van der Waals surface area contributed by atoms with E-state index in [4.69, 9.17) is 15.2 Å². The molecule has 1 aliphatic rings. The standard InChI is InChI=1S/C23H25N3O7/c24-23(31)25-11-3-6-18(21(28)29)26-20(27)13-32-16-9-7-14(8-10-16)19-12-15-4-1-2-5-17(15)22(30)33-19/h1-2,4-5,7-10,18-19H,3,6,11-13H2,(H,26,27)(H,28,29)(H3,24,25,31)/t18-,19-/m0/s1. The van der Waals surface area contributed by atoms with Crippen molar-refractivity contribution in [3.8, 4) is 5.75 Å². The van der Waals surface area contributed by atoms with Crippen LogP contribution in [0.1, 0.15) is 40.4 Å². The first kappa shape index (κ1) is 23.6. The summed E-state index contributed by atoms with van der Waals surface area (Å²) in [4.78, 5) is 46.3. The molecule has 174 valence electrons. The number of hydrogen-bond donors (Lipinski definition) is 4. The van der Waals surface area contributed by atoms with E-state index in [0.29, 0.717) is 24.2 Å². The van der Waals surface area contributed by atoms with Gasteiger partial charge in [0.05, 0.1) is 5.56 Å². The number of nitrogens with one attached hydrogen (secondary N) is 2. The first-order valence-electron chi connectivity index (χ1n) is 10.4. The Morgan fingerprint density at radius 1 is 1.15 bits per heavy atom. The van der Waals surface area contributed by atoms with E-state index in [1.165, 1.54) is 0 Å². The minimum absolute atomic E-state index is 0.124. The molecule has 0 fully saturated rings. The largest absolute Gasteiger partial charge is 0.484 e. The van der Waals surface area contributed by atoms with Crippen LogP contribution in [0.5, 0.6) is 5.75 Å². The molecule has 2 aromatic carbocycles. The van der Waals surface area contributed by atoms with Gasteiger partial charge in [0.15, 0.2) is 6.61 Å². The number of hydrogen-bond acceptors (Lipinski definition) is 6. The zero-order valence-electron chi connectivity index (χ0n) is 17.8. The third-order valence-corrected chi connectivity index (χ3v) is 5.12. The van der Waals surface area contributed by atoms with Crippen molar-refractivity contribution in [3.63, 3.8) is 0 Å². The number of carbonyl (C=O) groups is 4. The molecule has 2 atom stereocenters. The van der Waals surface area contributed by atoms with Crippen LogP contribution in [0.25, 0.3) is 0 Å². The predicted octanol–water partition coefficient (Wildman–Crippen LogP) is 1.54. The molecule has 1 heterocycles. The summed E-state index contributed by atoms with van der Waals surface area (Å²) in [5.74, 6) is -1.73. The minimum atomic E-state index is -1.18. The number of esters is 1. The third kappa shape index (κ3) is 6.70. The molecule has 0 bridgehead atoms. The fourth-order valence-corrected chi connectivity index (χ4v) is 3.46. The molecule has 10 nitrogen and oxygen atoms in total. The molecule has 2 aromatic rings. The Kier molecular flexibility index (Phi) is 7.85. The Morgan fingerprint density at radius 3 is 2.58 bits per heavy atom. The second kappa shape index (κ2) is 11.0. The number of amides is 3. The Hall–Kier alpha value is -4.08. The molecule has 0 aromatic heterocycles. The maximum atomic E-state index is 12.2. The van der Waals surface area contributed by atoms with Gasteiger partial charge in [0.1, 0.15) is 17.9 Å². The topological polar surface area (TPSA) is 157 Å². The molecule has 0 saturated carbocycles. The second-order valence-electron chi connectivity index (χ2n) is 7.50. The number of fused-ring (bicyclic) bond motifs is 1. The summed E-state index contributed by atoms with van der Waals surface area (Å²) < 4.78 is 11.0. The lowest BCUT2D eigenvalue weighted by Crippen LogP contribution is -2.43. The molecule has 0 unspecified atom stereocenters. The van der Waals surface area contributed by atoms with E-state index in [2.05, 4.69) is 10.6 Å². The fourth-order valence-electron chi connectivity index (χ4n) is 3.46. The van der Waals surface area contributed by atoms with Gasteiger partial charge in [-0.15, -0.1) is 0 Å². The van der Waals surface area contributed by atoms with Crippen LogP contribution in [-0.2, 0) is 20.7 Å². The van der Waals surface area contributed by atoms with Crippen LogP contribution in [0.15, 0.2) is 48.5 Å². The zero-order chi connectivity index (χ0) is 23.8. The summed E-state index contributed by atoms with van der Waals surface area (Å²) in [6, 6.07) is 12.3. The number of primary amides is 1. The molecule has 3 rings (SSSR count). The van der Waals surface area contributed by atoms with Gasteiger partial charge in [0, 0.05) is 13.0 Å². The summed E-state index contributed by atoms with van der Waals surface area (Å²) in [7, 11) is 0. The number of cyclic esters (lactones) is 1. The van der Waals surface area contributed by atoms with Gasteiger partial charge in [0.25, 0.3) is 5.91 Å². The normalized spacial score (nSPS) is 15.5. The van der Waals surface area contributed by atoms with Crippen LogP contribution in [-0.4, -0.2) is 48.2 Å². The summed E-state index contributed by atoms with van der Waals surface area (Å²) >= 11 is 0. The molecule has 3 amide bonds. The summed E-state index contributed by atoms with van der Waals surface area (Å²) in [6.07, 6.45) is 0.610. The van der Waals surface area contributed by atoms with Crippen LogP contribution < -0.4 is 21.1 Å². The van der Waals surface area contributed by atoms with Crippen molar-refractivity contribution in [3.05, 3.63) is 65.2 Å². The van der Waals surface area contributed by atoms with Gasteiger partial charge in [-0.2, -0.15) is 0 Å². The quantitative estimate of drug-likeness (QED) is 0.313. The van der Waals surface area contributed by atoms with E-state index in [-0.39, 0.29) is 25.5 Å². The number of ether oxygens (including phenoxy) is 2. The Labute approximate surface area is 190 Å². The van der Waals surface area contributed by atoms with Crippen molar-refractivity contribution < 1.29 is 33.8 Å². The van der Waals surface area contributed by atoms with Gasteiger partial charge in [-0.25, -0.2) is 14.4 Å². The maximum absolute atomic E-state index is 12.2. The Balaban J connectivity index is 1.49. The molecular formula is C23H25N3O7. The van der Waals surface area contributed by atoms with E-state index in [1.807, 2.05) is 12.1 Å². The van der Waals surface area contributed by atoms with Crippen LogP contribution >= 0.6 is 0 Å². The number of rotatable bonds is 10. The third-order valence-electron chi connectivity index (χ3n) is 5.12. The summed E-state index contributed by atoms with van der Waals surface area (Å²) in [6.45, 7) is -0.159. The van der Waals surface area contributed by atoms with Gasteiger partial charge in [-0.1, -0.05) is 30.3 Å². The van der Waals surface area contributed by atoms with Crippen LogP contribution in [0.4, 0.5) is 4.79 Å². The lowest BCUT2D eigenvalue weighted by Gasteiger charge is -2.25. The van der Waals surface area contributed by atoms with Gasteiger partial charge >= 0.3 is 18.0 Å². The lowest BCUT2D eigenvalue weighted by molar-refractivity contribution is -0.142. The smallest absolute Gasteiger partial charge is 0.339 e. The average molecular weight is 455 g/mol. The number of nitrogens with two attached hydrogens (primary N) is 1. The first-order chi connectivity index (χ1) is 15.8. The van der Waals surface area contributed by atoms with E-state index in [0.717, 1.165) is 11.1 Å². The molecule has 0 radical (unpaired) electrons. The molecule has 1 aliphatic heterocycles. The molecular weight excluding hydrogens is 430 g/mol. The number of aliphatic carboxylic acids is 1. The van der Waals surface area contributed by atoms with Crippen LogP contribution in [0.3, 0.4) is 0 Å². The van der Waals surface area contributed by atoms with E-state index in [1.54, 1.807) is 36.4 Å². The van der Waals surface area contributed by atoms with Gasteiger partial charge in [-0.3, -0.25) is 4.79 Å². The molecule has 33 heavy (non-hydrogen) atoms. The number of carbonyl (C=O) groups excluding carboxylic acids is 3. The van der Waals surface area contributed by atoms with E-state index >= 15 is 0 Å². The monoisotopic (exact) mass is 455 g/mol.